The molecule has 2 aromatic rings. The van der Waals surface area contributed by atoms with E-state index < -0.39 is 10.2 Å². The third-order valence-electron chi connectivity index (χ3n) is 2.70. The van der Waals surface area contributed by atoms with Crippen LogP contribution in [0.5, 0.6) is 0 Å². The largest absolute Gasteiger partial charge is 0.301 e. The van der Waals surface area contributed by atoms with Gasteiger partial charge in [0.05, 0.1) is 16.4 Å². The number of pyridine rings is 1. The lowest BCUT2D eigenvalue weighted by molar-refractivity contribution is 0.471. The highest BCUT2D eigenvalue weighted by Gasteiger charge is 2.18. The lowest BCUT2D eigenvalue weighted by Crippen LogP contribution is -2.32. The SMILES string of the molecule is CN(Cc1ccccc1)S(=O)(=O)Nc1cnc(Cl)c(Br)c1. The summed E-state index contributed by atoms with van der Waals surface area (Å²) in [5.41, 5.74) is 1.24. The molecular formula is C13H13BrClN3O2S. The van der Waals surface area contributed by atoms with Crippen LogP contribution in [-0.4, -0.2) is 24.8 Å². The second-order valence-electron chi connectivity index (χ2n) is 4.35. The summed E-state index contributed by atoms with van der Waals surface area (Å²) >= 11 is 8.98. The second kappa shape index (κ2) is 6.74. The van der Waals surface area contributed by atoms with E-state index in [1.165, 1.54) is 17.5 Å². The molecule has 112 valence electrons. The minimum Gasteiger partial charge on any atom is -0.269 e. The Hall–Kier alpha value is -1.15. The summed E-state index contributed by atoms with van der Waals surface area (Å²) in [6.07, 6.45) is 1.36. The molecule has 0 amide bonds. The topological polar surface area (TPSA) is 62.3 Å². The quantitative estimate of drug-likeness (QED) is 0.797. The number of nitrogens with one attached hydrogen (secondary N) is 1. The fourth-order valence-corrected chi connectivity index (χ4v) is 2.97. The average molecular weight is 391 g/mol. The van der Waals surface area contributed by atoms with Gasteiger partial charge in [0.2, 0.25) is 0 Å². The number of rotatable bonds is 5. The molecule has 0 atom stereocenters. The first-order chi connectivity index (χ1) is 9.88. The molecule has 1 aromatic carbocycles. The predicted octanol–water partition coefficient (Wildman–Crippen LogP) is 3.29. The molecule has 2 rings (SSSR count). The van der Waals surface area contributed by atoms with E-state index in [1.54, 1.807) is 6.07 Å². The van der Waals surface area contributed by atoms with Gasteiger partial charge in [-0.15, -0.1) is 0 Å². The zero-order chi connectivity index (χ0) is 15.5. The highest BCUT2D eigenvalue weighted by atomic mass is 79.9. The van der Waals surface area contributed by atoms with Gasteiger partial charge < -0.3 is 0 Å². The van der Waals surface area contributed by atoms with Crippen LogP contribution in [0.25, 0.3) is 0 Å². The predicted molar refractivity (Wildman–Crippen MR) is 87.4 cm³/mol. The fourth-order valence-electron chi connectivity index (χ4n) is 1.63. The Bertz CT molecular complexity index is 725. The minimum absolute atomic E-state index is 0.274. The van der Waals surface area contributed by atoms with Crippen molar-refractivity contribution >= 4 is 43.4 Å². The standard InChI is InChI=1S/C13H13BrClN3O2S/c1-18(9-10-5-3-2-4-6-10)21(19,20)17-11-7-12(14)13(15)16-8-11/h2-8,17H,9H2,1H3. The summed E-state index contributed by atoms with van der Waals surface area (Å²) in [4.78, 5) is 3.88. The van der Waals surface area contributed by atoms with Crippen molar-refractivity contribution in [3.05, 3.63) is 57.8 Å². The summed E-state index contributed by atoms with van der Waals surface area (Å²) in [6.45, 7) is 0.276. The molecule has 0 saturated carbocycles. The first kappa shape index (κ1) is 16.2. The Morgan fingerprint density at radius 2 is 2.00 bits per heavy atom. The lowest BCUT2D eigenvalue weighted by Gasteiger charge is -2.18. The maximum absolute atomic E-state index is 12.2. The summed E-state index contributed by atoms with van der Waals surface area (Å²) in [5, 5.41) is 0.274. The van der Waals surface area contributed by atoms with E-state index in [4.69, 9.17) is 11.6 Å². The number of nitrogens with zero attached hydrogens (tertiary/aromatic N) is 2. The van der Waals surface area contributed by atoms with Gasteiger partial charge in [0.25, 0.3) is 0 Å². The van der Waals surface area contributed by atoms with Crippen LogP contribution in [0.2, 0.25) is 5.15 Å². The molecule has 0 aliphatic carbocycles. The molecule has 0 bridgehead atoms. The lowest BCUT2D eigenvalue weighted by atomic mass is 10.2. The normalized spacial score (nSPS) is 11.6. The van der Waals surface area contributed by atoms with Crippen molar-refractivity contribution in [1.82, 2.24) is 9.29 Å². The highest BCUT2D eigenvalue weighted by Crippen LogP contribution is 2.23. The third-order valence-corrected chi connectivity index (χ3v) is 5.28. The Kier molecular flexibility index (Phi) is 5.21. The first-order valence-electron chi connectivity index (χ1n) is 5.97. The maximum Gasteiger partial charge on any atom is 0.301 e. The van der Waals surface area contributed by atoms with Crippen molar-refractivity contribution in [3.63, 3.8) is 0 Å². The van der Waals surface area contributed by atoms with Crippen molar-refractivity contribution in [2.75, 3.05) is 11.8 Å². The van der Waals surface area contributed by atoms with E-state index in [0.717, 1.165) is 5.56 Å². The zero-order valence-electron chi connectivity index (χ0n) is 11.1. The Balaban J connectivity index is 2.12. The van der Waals surface area contributed by atoms with Crippen LogP contribution in [-0.2, 0) is 16.8 Å². The van der Waals surface area contributed by atoms with Crippen LogP contribution < -0.4 is 4.72 Å². The molecule has 0 spiro atoms. The van der Waals surface area contributed by atoms with E-state index in [2.05, 4.69) is 25.6 Å². The number of benzene rings is 1. The van der Waals surface area contributed by atoms with Gasteiger partial charge in [-0.1, -0.05) is 41.9 Å². The maximum atomic E-state index is 12.2. The summed E-state index contributed by atoms with van der Waals surface area (Å²) in [5.74, 6) is 0. The molecule has 0 aliphatic heterocycles. The van der Waals surface area contributed by atoms with Gasteiger partial charge >= 0.3 is 10.2 Å². The van der Waals surface area contributed by atoms with Gasteiger partial charge in [0.1, 0.15) is 5.15 Å². The summed E-state index contributed by atoms with van der Waals surface area (Å²) in [6, 6.07) is 10.9. The van der Waals surface area contributed by atoms with Crippen molar-refractivity contribution < 1.29 is 8.42 Å². The molecule has 0 saturated heterocycles. The van der Waals surface area contributed by atoms with Crippen LogP contribution in [0.1, 0.15) is 5.56 Å². The second-order valence-corrected chi connectivity index (χ2v) is 7.34. The molecule has 5 nitrogen and oxygen atoms in total. The molecule has 8 heteroatoms. The van der Waals surface area contributed by atoms with Crippen LogP contribution >= 0.6 is 27.5 Å². The molecule has 21 heavy (non-hydrogen) atoms. The molecule has 0 aliphatic rings. The van der Waals surface area contributed by atoms with E-state index in [9.17, 15) is 8.42 Å². The zero-order valence-corrected chi connectivity index (χ0v) is 14.3. The number of halogens is 2. The molecule has 0 fully saturated rings. The van der Waals surface area contributed by atoms with Crippen LogP contribution in [0, 0.1) is 0 Å². The van der Waals surface area contributed by atoms with Crippen LogP contribution in [0.3, 0.4) is 0 Å². The number of hydrogen-bond acceptors (Lipinski definition) is 3. The molecule has 0 unspecified atom stereocenters. The Morgan fingerprint density at radius 1 is 1.33 bits per heavy atom. The number of anilines is 1. The van der Waals surface area contributed by atoms with Crippen molar-refractivity contribution in [2.45, 2.75) is 6.54 Å². The van der Waals surface area contributed by atoms with Gasteiger partial charge in [-0.3, -0.25) is 4.72 Å². The first-order valence-corrected chi connectivity index (χ1v) is 8.58. The number of hydrogen-bond donors (Lipinski definition) is 1. The van der Waals surface area contributed by atoms with Crippen molar-refractivity contribution in [2.24, 2.45) is 0 Å². The smallest absolute Gasteiger partial charge is 0.269 e. The fraction of sp³-hybridized carbons (Fsp3) is 0.154. The average Bonchev–Trinajstić information content (AvgIpc) is 2.43. The van der Waals surface area contributed by atoms with Crippen molar-refractivity contribution in [1.29, 1.82) is 0 Å². The minimum atomic E-state index is -3.66. The Morgan fingerprint density at radius 3 is 2.62 bits per heavy atom. The highest BCUT2D eigenvalue weighted by molar-refractivity contribution is 9.10. The summed E-state index contributed by atoms with van der Waals surface area (Å²) in [7, 11) is -2.15. The molecule has 1 heterocycles. The molecular weight excluding hydrogens is 378 g/mol. The van der Waals surface area contributed by atoms with Gasteiger partial charge in [-0.25, -0.2) is 4.98 Å². The summed E-state index contributed by atoms with van der Waals surface area (Å²) < 4.78 is 28.7. The monoisotopic (exact) mass is 389 g/mol. The van der Waals surface area contributed by atoms with E-state index in [0.29, 0.717) is 10.2 Å². The molecule has 0 radical (unpaired) electrons. The van der Waals surface area contributed by atoms with E-state index >= 15 is 0 Å². The van der Waals surface area contributed by atoms with Crippen LogP contribution in [0.4, 0.5) is 5.69 Å². The molecule has 1 aromatic heterocycles. The van der Waals surface area contributed by atoms with Gasteiger partial charge in [-0.2, -0.15) is 12.7 Å². The Labute approximate surface area is 137 Å². The van der Waals surface area contributed by atoms with Crippen molar-refractivity contribution in [3.8, 4) is 0 Å². The van der Waals surface area contributed by atoms with Crippen LogP contribution in [0.15, 0.2) is 47.1 Å². The van der Waals surface area contributed by atoms with Gasteiger partial charge in [-0.05, 0) is 27.6 Å². The number of aromatic nitrogens is 1. The van der Waals surface area contributed by atoms with Gasteiger partial charge in [0.15, 0.2) is 0 Å². The third kappa shape index (κ3) is 4.41. The molecule has 1 N–H and O–H groups in total. The van der Waals surface area contributed by atoms with Gasteiger partial charge in [0, 0.05) is 13.6 Å². The van der Waals surface area contributed by atoms with E-state index in [-0.39, 0.29) is 11.7 Å². The van der Waals surface area contributed by atoms with E-state index in [1.807, 2.05) is 30.3 Å².